The zero-order valence-corrected chi connectivity index (χ0v) is 20.5. The summed E-state index contributed by atoms with van der Waals surface area (Å²) < 4.78 is 22.9. The minimum Gasteiger partial charge on any atom is -0.490 e. The first-order valence-electron chi connectivity index (χ1n) is 11.4. The number of halogens is 1. The Labute approximate surface area is 203 Å². The molecule has 1 amide bonds. The number of ether oxygens (including phenoxy) is 3. The zero-order valence-electron chi connectivity index (χ0n) is 19.8. The van der Waals surface area contributed by atoms with E-state index in [0.29, 0.717) is 47.3 Å². The number of amides is 1. The predicted molar refractivity (Wildman–Crippen MR) is 130 cm³/mol. The standard InChI is InChI=1S/C26H28ClNO6/c1-5-10-33-19-8-7-16(13-21(19)32-6-2)23-22-24(29)17-14-18(27)15(3)12-20(17)34-25(22)26(30)28(23)9-11-31-4/h7-8,12-14,23H,5-6,9-11H2,1-4H3. The molecule has 0 saturated heterocycles. The molecule has 180 valence electrons. The molecule has 0 spiro atoms. The number of hydrogen-bond acceptors (Lipinski definition) is 6. The van der Waals surface area contributed by atoms with E-state index in [-0.39, 0.29) is 29.2 Å². The van der Waals surface area contributed by atoms with E-state index in [1.54, 1.807) is 24.1 Å². The average molecular weight is 486 g/mol. The van der Waals surface area contributed by atoms with Gasteiger partial charge in [-0.1, -0.05) is 24.6 Å². The van der Waals surface area contributed by atoms with Crippen LogP contribution in [-0.4, -0.2) is 44.3 Å². The van der Waals surface area contributed by atoms with Crippen LogP contribution in [0, 0.1) is 6.92 Å². The van der Waals surface area contributed by atoms with Crippen molar-refractivity contribution in [1.29, 1.82) is 0 Å². The van der Waals surface area contributed by atoms with Gasteiger partial charge in [-0.2, -0.15) is 0 Å². The van der Waals surface area contributed by atoms with Crippen molar-refractivity contribution in [3.63, 3.8) is 0 Å². The van der Waals surface area contributed by atoms with Crippen molar-refractivity contribution in [2.75, 3.05) is 33.5 Å². The Kier molecular flexibility index (Phi) is 7.14. The average Bonchev–Trinajstić information content (AvgIpc) is 3.10. The summed E-state index contributed by atoms with van der Waals surface area (Å²) in [6.07, 6.45) is 0.860. The van der Waals surface area contributed by atoms with Crippen LogP contribution in [0.3, 0.4) is 0 Å². The third-order valence-corrected chi connectivity index (χ3v) is 6.24. The molecule has 8 heteroatoms. The minimum absolute atomic E-state index is 0.0459. The minimum atomic E-state index is -0.655. The number of carbonyl (C=O) groups excluding carboxylic acids is 1. The number of benzene rings is 2. The van der Waals surface area contributed by atoms with Gasteiger partial charge in [-0.15, -0.1) is 0 Å². The summed E-state index contributed by atoms with van der Waals surface area (Å²) >= 11 is 6.30. The molecule has 4 rings (SSSR count). The van der Waals surface area contributed by atoms with Gasteiger partial charge in [0.2, 0.25) is 5.76 Å². The summed E-state index contributed by atoms with van der Waals surface area (Å²) in [5.41, 5.74) is 1.84. The van der Waals surface area contributed by atoms with E-state index in [4.69, 9.17) is 30.2 Å². The first kappa shape index (κ1) is 24.1. The van der Waals surface area contributed by atoms with Crippen LogP contribution in [0.4, 0.5) is 0 Å². The molecule has 0 aliphatic carbocycles. The summed E-state index contributed by atoms with van der Waals surface area (Å²) in [4.78, 5) is 28.7. The summed E-state index contributed by atoms with van der Waals surface area (Å²) in [5.74, 6) is 0.871. The van der Waals surface area contributed by atoms with Crippen LogP contribution in [0.25, 0.3) is 11.0 Å². The van der Waals surface area contributed by atoms with Gasteiger partial charge < -0.3 is 23.5 Å². The lowest BCUT2D eigenvalue weighted by Gasteiger charge is -2.25. The van der Waals surface area contributed by atoms with Crippen molar-refractivity contribution in [2.45, 2.75) is 33.2 Å². The van der Waals surface area contributed by atoms with E-state index in [2.05, 4.69) is 0 Å². The van der Waals surface area contributed by atoms with Crippen molar-refractivity contribution >= 4 is 28.5 Å². The maximum absolute atomic E-state index is 13.7. The second-order valence-corrected chi connectivity index (χ2v) is 8.56. The Morgan fingerprint density at radius 1 is 1.06 bits per heavy atom. The largest absolute Gasteiger partial charge is 0.490 e. The Morgan fingerprint density at radius 2 is 1.85 bits per heavy atom. The molecular formula is C26H28ClNO6. The zero-order chi connectivity index (χ0) is 24.4. The van der Waals surface area contributed by atoms with Crippen LogP contribution in [0.5, 0.6) is 11.5 Å². The first-order chi connectivity index (χ1) is 16.4. The Balaban J connectivity index is 1.91. The molecule has 0 N–H and O–H groups in total. The fourth-order valence-corrected chi connectivity index (χ4v) is 4.37. The molecule has 1 aliphatic heterocycles. The Bertz CT molecular complexity index is 1280. The van der Waals surface area contributed by atoms with Gasteiger partial charge >= 0.3 is 0 Å². The monoisotopic (exact) mass is 485 g/mol. The number of nitrogens with zero attached hydrogens (tertiary/aromatic N) is 1. The fourth-order valence-electron chi connectivity index (χ4n) is 4.20. The van der Waals surface area contributed by atoms with E-state index in [1.807, 2.05) is 39.0 Å². The van der Waals surface area contributed by atoms with Crippen LogP contribution in [0.15, 0.2) is 39.5 Å². The van der Waals surface area contributed by atoms with Gasteiger partial charge in [-0.05, 0) is 55.7 Å². The number of hydrogen-bond donors (Lipinski definition) is 0. The van der Waals surface area contributed by atoms with Crippen LogP contribution >= 0.6 is 11.6 Å². The molecule has 1 aliphatic rings. The van der Waals surface area contributed by atoms with Crippen LogP contribution < -0.4 is 14.9 Å². The third kappa shape index (κ3) is 4.26. The number of aryl methyl sites for hydroxylation is 1. The van der Waals surface area contributed by atoms with E-state index >= 15 is 0 Å². The highest BCUT2D eigenvalue weighted by Crippen LogP contribution is 2.41. The molecule has 0 saturated carbocycles. The van der Waals surface area contributed by atoms with Gasteiger partial charge in [0.1, 0.15) is 5.58 Å². The molecule has 1 aromatic heterocycles. The van der Waals surface area contributed by atoms with Crippen molar-refractivity contribution in [3.8, 4) is 11.5 Å². The highest BCUT2D eigenvalue weighted by molar-refractivity contribution is 6.32. The molecule has 7 nitrogen and oxygen atoms in total. The summed E-state index contributed by atoms with van der Waals surface area (Å²) in [6, 6.07) is 8.13. The lowest BCUT2D eigenvalue weighted by molar-refractivity contribution is 0.0663. The second kappa shape index (κ2) is 10.1. The highest BCUT2D eigenvalue weighted by Gasteiger charge is 2.42. The fraction of sp³-hybridized carbons (Fsp3) is 0.385. The van der Waals surface area contributed by atoms with Gasteiger partial charge in [0, 0.05) is 18.7 Å². The van der Waals surface area contributed by atoms with Crippen LogP contribution in [0.2, 0.25) is 5.02 Å². The quantitative estimate of drug-likeness (QED) is 0.418. The number of methoxy groups -OCH3 is 1. The topological polar surface area (TPSA) is 78.2 Å². The summed E-state index contributed by atoms with van der Waals surface area (Å²) in [5, 5.41) is 0.807. The van der Waals surface area contributed by atoms with Crippen LogP contribution in [0.1, 0.15) is 53.6 Å². The summed E-state index contributed by atoms with van der Waals surface area (Å²) in [7, 11) is 1.57. The van der Waals surface area contributed by atoms with E-state index in [9.17, 15) is 9.59 Å². The number of rotatable bonds is 9. The summed E-state index contributed by atoms with van der Waals surface area (Å²) in [6.45, 7) is 7.34. The molecule has 3 aromatic rings. The number of carbonyl (C=O) groups is 1. The first-order valence-corrected chi connectivity index (χ1v) is 11.7. The highest BCUT2D eigenvalue weighted by atomic mass is 35.5. The van der Waals surface area contributed by atoms with Gasteiger partial charge in [0.15, 0.2) is 16.9 Å². The van der Waals surface area contributed by atoms with Gasteiger partial charge in [-0.25, -0.2) is 0 Å². The van der Waals surface area contributed by atoms with Gasteiger partial charge in [0.25, 0.3) is 5.91 Å². The SMILES string of the molecule is CCCOc1ccc(C2c3c(oc4cc(C)c(Cl)cc4c3=O)C(=O)N2CCOC)cc1OCC. The van der Waals surface area contributed by atoms with E-state index in [0.717, 1.165) is 17.5 Å². The van der Waals surface area contributed by atoms with Crippen LogP contribution in [-0.2, 0) is 4.74 Å². The van der Waals surface area contributed by atoms with Gasteiger partial charge in [0.05, 0.1) is 36.8 Å². The molecular weight excluding hydrogens is 458 g/mol. The van der Waals surface area contributed by atoms with E-state index < -0.39 is 6.04 Å². The van der Waals surface area contributed by atoms with Crippen molar-refractivity contribution in [1.82, 2.24) is 4.90 Å². The molecule has 2 heterocycles. The molecule has 0 radical (unpaired) electrons. The number of fused-ring (bicyclic) bond motifs is 2. The van der Waals surface area contributed by atoms with Crippen molar-refractivity contribution in [3.05, 3.63) is 68.0 Å². The molecule has 1 atom stereocenters. The molecule has 1 unspecified atom stereocenters. The van der Waals surface area contributed by atoms with E-state index in [1.165, 1.54) is 0 Å². The van der Waals surface area contributed by atoms with Crippen molar-refractivity contribution in [2.24, 2.45) is 0 Å². The van der Waals surface area contributed by atoms with Crippen molar-refractivity contribution < 1.29 is 23.4 Å². The second-order valence-electron chi connectivity index (χ2n) is 8.15. The lowest BCUT2D eigenvalue weighted by atomic mass is 9.97. The maximum atomic E-state index is 13.7. The molecule has 34 heavy (non-hydrogen) atoms. The lowest BCUT2D eigenvalue weighted by Crippen LogP contribution is -2.32. The smallest absolute Gasteiger partial charge is 0.290 e. The normalized spacial score (nSPS) is 15.1. The maximum Gasteiger partial charge on any atom is 0.290 e. The van der Waals surface area contributed by atoms with Gasteiger partial charge in [-0.3, -0.25) is 9.59 Å². The Hall–Kier alpha value is -3.03. The third-order valence-electron chi connectivity index (χ3n) is 5.83. The predicted octanol–water partition coefficient (Wildman–Crippen LogP) is 5.13. The Morgan fingerprint density at radius 3 is 2.56 bits per heavy atom. The molecule has 0 bridgehead atoms. The molecule has 2 aromatic carbocycles. The molecule has 0 fully saturated rings.